The summed E-state index contributed by atoms with van der Waals surface area (Å²) in [6, 6.07) is 5.57. The van der Waals surface area contributed by atoms with E-state index in [0.29, 0.717) is 22.5 Å². The third-order valence-electron chi connectivity index (χ3n) is 5.23. The normalized spacial score (nSPS) is 14.1. The number of aliphatic hydroxyl groups excluding tert-OH is 2. The summed E-state index contributed by atoms with van der Waals surface area (Å²) >= 11 is 0. The molecule has 0 saturated carbocycles. The van der Waals surface area contributed by atoms with E-state index in [2.05, 4.69) is 9.97 Å². The maximum Gasteiger partial charge on any atom is 0.308 e. The van der Waals surface area contributed by atoms with E-state index in [4.69, 9.17) is 4.74 Å². The van der Waals surface area contributed by atoms with Crippen molar-refractivity contribution < 1.29 is 32.6 Å². The number of esters is 1. The van der Waals surface area contributed by atoms with E-state index < -0.39 is 39.6 Å². The molecule has 0 spiro atoms. The van der Waals surface area contributed by atoms with Crippen molar-refractivity contribution in [2.75, 3.05) is 17.6 Å². The maximum absolute atomic E-state index is 13.6. The van der Waals surface area contributed by atoms with Crippen LogP contribution < -0.4 is 4.31 Å². The van der Waals surface area contributed by atoms with Gasteiger partial charge in [-0.25, -0.2) is 27.1 Å². The van der Waals surface area contributed by atoms with Gasteiger partial charge in [-0.1, -0.05) is 26.0 Å². The average Bonchev–Trinajstić information content (AvgIpc) is 2.75. The van der Waals surface area contributed by atoms with E-state index >= 15 is 0 Å². The first-order valence-corrected chi connectivity index (χ1v) is 13.7. The van der Waals surface area contributed by atoms with E-state index in [1.165, 1.54) is 37.4 Å². The van der Waals surface area contributed by atoms with Crippen LogP contribution in [0.5, 0.6) is 0 Å². The van der Waals surface area contributed by atoms with Gasteiger partial charge in [0.25, 0.3) is 0 Å². The Kier molecular flexibility index (Phi) is 9.92. The Labute approximate surface area is 218 Å². The van der Waals surface area contributed by atoms with Crippen molar-refractivity contribution >= 4 is 28.0 Å². The van der Waals surface area contributed by atoms with Crippen molar-refractivity contribution in [1.29, 1.82) is 0 Å². The molecule has 2 aromatic rings. The summed E-state index contributed by atoms with van der Waals surface area (Å²) in [6.07, 6.45) is 1.44. The molecule has 1 aromatic heterocycles. The second-order valence-corrected chi connectivity index (χ2v) is 12.2. The number of aliphatic hydroxyl groups is 2. The van der Waals surface area contributed by atoms with Crippen molar-refractivity contribution in [2.24, 2.45) is 0 Å². The predicted molar refractivity (Wildman–Crippen MR) is 141 cm³/mol. The quantitative estimate of drug-likeness (QED) is 0.439. The van der Waals surface area contributed by atoms with Gasteiger partial charge < -0.3 is 14.9 Å². The first-order valence-electron chi connectivity index (χ1n) is 11.9. The summed E-state index contributed by atoms with van der Waals surface area (Å²) in [6.45, 7) is 8.92. The first kappa shape index (κ1) is 30.3. The number of sulfonamides is 1. The highest BCUT2D eigenvalue weighted by Gasteiger charge is 2.23. The van der Waals surface area contributed by atoms with Crippen LogP contribution in [0.15, 0.2) is 30.3 Å². The Morgan fingerprint density at radius 3 is 2.27 bits per heavy atom. The van der Waals surface area contributed by atoms with Crippen LogP contribution in [0.1, 0.15) is 64.6 Å². The lowest BCUT2D eigenvalue weighted by atomic mass is 9.97. The second kappa shape index (κ2) is 12.1. The molecule has 37 heavy (non-hydrogen) atoms. The predicted octanol–water partition coefficient (Wildman–Crippen LogP) is 3.66. The van der Waals surface area contributed by atoms with Crippen molar-refractivity contribution in [3.05, 3.63) is 47.4 Å². The molecule has 0 radical (unpaired) electrons. The molecular weight excluding hydrogens is 501 g/mol. The lowest BCUT2D eigenvalue weighted by molar-refractivity contribution is -0.157. The molecule has 1 heterocycles. The molecule has 0 aliphatic carbocycles. The minimum atomic E-state index is -3.65. The van der Waals surface area contributed by atoms with E-state index in [1.54, 1.807) is 26.8 Å². The number of hydrogen-bond acceptors (Lipinski definition) is 8. The molecule has 11 heteroatoms. The maximum atomic E-state index is 13.6. The number of anilines is 1. The van der Waals surface area contributed by atoms with Gasteiger partial charge in [0.15, 0.2) is 0 Å². The van der Waals surface area contributed by atoms with E-state index in [0.717, 1.165) is 10.6 Å². The third-order valence-corrected chi connectivity index (χ3v) is 6.39. The summed E-state index contributed by atoms with van der Waals surface area (Å²) in [7, 11) is -2.31. The van der Waals surface area contributed by atoms with Crippen LogP contribution in [0.4, 0.5) is 10.3 Å². The smallest absolute Gasteiger partial charge is 0.308 e. The monoisotopic (exact) mass is 537 g/mol. The molecule has 2 atom stereocenters. The van der Waals surface area contributed by atoms with Crippen molar-refractivity contribution in [2.45, 2.75) is 71.2 Å². The molecule has 1 aromatic carbocycles. The van der Waals surface area contributed by atoms with Gasteiger partial charge in [0.1, 0.15) is 11.4 Å². The first-order chi connectivity index (χ1) is 17.0. The van der Waals surface area contributed by atoms with Crippen LogP contribution in [0.25, 0.3) is 17.3 Å². The number of ether oxygens (including phenoxy) is 1. The summed E-state index contributed by atoms with van der Waals surface area (Å²) in [5.41, 5.74) is 1.21. The SMILES string of the molecule is CC(C)c1nc(N(C)S(C)(=O)=O)nc(-c2ccc(F)cc2)c1/C=C/[C@@H](O)C[C@H](O)CC(=O)OC(C)(C)C. The molecule has 2 N–H and O–H groups in total. The Hall–Kier alpha value is -2.89. The minimum absolute atomic E-state index is 0.0454. The third kappa shape index (κ3) is 9.17. The molecule has 0 fully saturated rings. The molecule has 204 valence electrons. The van der Waals surface area contributed by atoms with Crippen LogP contribution >= 0.6 is 0 Å². The molecule has 0 amide bonds. The highest BCUT2D eigenvalue weighted by molar-refractivity contribution is 7.92. The van der Waals surface area contributed by atoms with Crippen molar-refractivity contribution in [1.82, 2.24) is 9.97 Å². The number of benzene rings is 1. The van der Waals surface area contributed by atoms with Gasteiger partial charge in [0.05, 0.1) is 36.3 Å². The molecule has 0 aliphatic rings. The fourth-order valence-electron chi connectivity index (χ4n) is 3.42. The summed E-state index contributed by atoms with van der Waals surface area (Å²) in [5, 5.41) is 20.8. The molecule has 0 unspecified atom stereocenters. The van der Waals surface area contributed by atoms with E-state index in [-0.39, 0.29) is 24.7 Å². The standard InChI is InChI=1S/C26H36FN3O6S/c1-16(2)23-21(13-12-19(31)14-20(32)15-22(33)36-26(3,4)5)24(17-8-10-18(27)11-9-17)29-25(28-23)30(6)37(7,34)35/h8-13,16,19-20,31-32H,14-15H2,1-7H3/b13-12+/t19-,20+/m1/s1. The lowest BCUT2D eigenvalue weighted by Crippen LogP contribution is -2.28. The van der Waals surface area contributed by atoms with Crippen LogP contribution in [-0.4, -0.2) is 65.7 Å². The zero-order valence-electron chi connectivity index (χ0n) is 22.3. The van der Waals surface area contributed by atoms with Crippen molar-refractivity contribution in [3.63, 3.8) is 0 Å². The van der Waals surface area contributed by atoms with Crippen molar-refractivity contribution in [3.8, 4) is 11.3 Å². The van der Waals surface area contributed by atoms with Crippen LogP contribution in [0, 0.1) is 5.82 Å². The number of carbonyl (C=O) groups is 1. The summed E-state index contributed by atoms with van der Waals surface area (Å²) in [5.74, 6) is -1.22. The number of rotatable bonds is 10. The Balaban J connectivity index is 2.45. The molecule has 2 rings (SSSR count). The molecule has 9 nitrogen and oxygen atoms in total. The van der Waals surface area contributed by atoms with Crippen LogP contribution in [0.3, 0.4) is 0 Å². The van der Waals surface area contributed by atoms with Gasteiger partial charge in [-0.15, -0.1) is 0 Å². The molecule has 0 aliphatic heterocycles. The van der Waals surface area contributed by atoms with Gasteiger partial charge in [-0.2, -0.15) is 0 Å². The van der Waals surface area contributed by atoms with E-state index in [1.807, 2.05) is 13.8 Å². The number of nitrogens with zero attached hydrogens (tertiary/aromatic N) is 3. The Morgan fingerprint density at radius 2 is 1.76 bits per heavy atom. The van der Waals surface area contributed by atoms with Gasteiger partial charge in [-0.05, 0) is 51.0 Å². The Morgan fingerprint density at radius 1 is 1.16 bits per heavy atom. The van der Waals surface area contributed by atoms with E-state index in [9.17, 15) is 27.8 Å². The summed E-state index contributed by atoms with van der Waals surface area (Å²) < 4.78 is 44.1. The number of hydrogen-bond donors (Lipinski definition) is 2. The minimum Gasteiger partial charge on any atom is -0.460 e. The topological polar surface area (TPSA) is 130 Å². The van der Waals surface area contributed by atoms with Gasteiger partial charge in [0.2, 0.25) is 16.0 Å². The second-order valence-electron chi connectivity index (χ2n) is 10.2. The fraction of sp³-hybridized carbons (Fsp3) is 0.500. The van der Waals surface area contributed by atoms with Gasteiger partial charge in [0, 0.05) is 24.6 Å². The van der Waals surface area contributed by atoms with Gasteiger partial charge >= 0.3 is 5.97 Å². The number of halogens is 1. The zero-order chi connectivity index (χ0) is 28.1. The van der Waals surface area contributed by atoms with Crippen LogP contribution in [0.2, 0.25) is 0 Å². The molecule has 0 bridgehead atoms. The largest absolute Gasteiger partial charge is 0.460 e. The molecule has 0 saturated heterocycles. The Bertz CT molecular complexity index is 1220. The highest BCUT2D eigenvalue weighted by atomic mass is 32.2. The fourth-order valence-corrected chi connectivity index (χ4v) is 3.80. The number of aromatic nitrogens is 2. The van der Waals surface area contributed by atoms with Crippen LogP contribution in [-0.2, 0) is 19.6 Å². The highest BCUT2D eigenvalue weighted by Crippen LogP contribution is 2.31. The average molecular weight is 538 g/mol. The lowest BCUT2D eigenvalue weighted by Gasteiger charge is -2.21. The van der Waals surface area contributed by atoms with Gasteiger partial charge in [-0.3, -0.25) is 4.79 Å². The summed E-state index contributed by atoms with van der Waals surface area (Å²) in [4.78, 5) is 20.9. The zero-order valence-corrected chi connectivity index (χ0v) is 23.1. The molecular formula is C26H36FN3O6S. The number of carbonyl (C=O) groups excluding carboxylic acids is 1.